The van der Waals surface area contributed by atoms with Crippen molar-refractivity contribution in [1.29, 1.82) is 0 Å². The highest BCUT2D eigenvalue weighted by atomic mass is 16.6. The van der Waals surface area contributed by atoms with Gasteiger partial charge in [0.05, 0.1) is 12.2 Å². The van der Waals surface area contributed by atoms with Gasteiger partial charge in [-0.25, -0.2) is 0 Å². The summed E-state index contributed by atoms with van der Waals surface area (Å²) in [7, 11) is 0. The zero-order valence-corrected chi connectivity index (χ0v) is 19.4. The smallest absolute Gasteiger partial charge is 0.0847 e. The summed E-state index contributed by atoms with van der Waals surface area (Å²) in [5, 5.41) is 0. The molecule has 1 heteroatoms. The van der Waals surface area contributed by atoms with E-state index in [1.807, 2.05) is 0 Å². The van der Waals surface area contributed by atoms with E-state index in [4.69, 9.17) is 4.74 Å². The number of epoxide rings is 1. The Kier molecular flexibility index (Phi) is 4.97. The fourth-order valence-corrected chi connectivity index (χ4v) is 9.54. The number of ether oxygens (including phenoxy) is 1. The fraction of sp³-hybridized carbons (Fsp3) is 1.00. The van der Waals surface area contributed by atoms with E-state index >= 15 is 0 Å². The van der Waals surface area contributed by atoms with Crippen LogP contribution in [0.2, 0.25) is 0 Å². The maximum absolute atomic E-state index is 6.02. The molecule has 4 saturated carbocycles. The molecule has 0 amide bonds. The second-order valence-electron chi connectivity index (χ2n) is 12.8. The first-order chi connectivity index (χ1) is 13.3. The summed E-state index contributed by atoms with van der Waals surface area (Å²) in [4.78, 5) is 0. The standard InChI is InChI=1S/C27H46O/c1-17(2)7-6-8-18(3)21-11-12-22-20-10-9-19-15-24-25(28-24)16-27(19,5)23(20)13-14-26(21,22)4/h17-25H,6-16H2,1-5H3/t18-,19+,20?,21-,22?,23?,24-,25+,26-,27+/m1/s1. The Morgan fingerprint density at radius 2 is 1.64 bits per heavy atom. The maximum Gasteiger partial charge on any atom is 0.0847 e. The van der Waals surface area contributed by atoms with Crippen LogP contribution in [0, 0.1) is 52.3 Å². The van der Waals surface area contributed by atoms with Gasteiger partial charge in [0.1, 0.15) is 0 Å². The molecule has 0 bridgehead atoms. The average Bonchev–Trinajstić information content (AvgIpc) is 3.27. The van der Waals surface area contributed by atoms with E-state index in [1.54, 1.807) is 6.42 Å². The number of rotatable bonds is 5. The first kappa shape index (κ1) is 19.9. The van der Waals surface area contributed by atoms with Crippen molar-refractivity contribution in [1.82, 2.24) is 0 Å². The molecule has 4 aliphatic carbocycles. The topological polar surface area (TPSA) is 12.5 Å². The quantitative estimate of drug-likeness (QED) is 0.446. The van der Waals surface area contributed by atoms with Gasteiger partial charge in [-0.05, 0) is 104 Å². The second-order valence-corrected chi connectivity index (χ2v) is 12.8. The number of fused-ring (bicyclic) bond motifs is 6. The van der Waals surface area contributed by atoms with Gasteiger partial charge in [0.2, 0.25) is 0 Å². The summed E-state index contributed by atoms with van der Waals surface area (Å²) in [5.74, 6) is 6.84. The molecule has 1 saturated heterocycles. The molecule has 1 aliphatic heterocycles. The van der Waals surface area contributed by atoms with Gasteiger partial charge in [-0.15, -0.1) is 0 Å². The average molecular weight is 387 g/mol. The third kappa shape index (κ3) is 3.04. The molecule has 10 atom stereocenters. The molecule has 160 valence electrons. The molecule has 28 heavy (non-hydrogen) atoms. The zero-order chi connectivity index (χ0) is 19.7. The molecule has 0 aromatic heterocycles. The van der Waals surface area contributed by atoms with Crippen LogP contribution in [0.1, 0.15) is 105 Å². The molecule has 1 nitrogen and oxygen atoms in total. The summed E-state index contributed by atoms with van der Waals surface area (Å²) in [6.45, 7) is 12.8. The lowest BCUT2D eigenvalue weighted by Gasteiger charge is -2.60. The summed E-state index contributed by atoms with van der Waals surface area (Å²) < 4.78 is 6.02. The first-order valence-electron chi connectivity index (χ1n) is 13.0. The Labute approximate surface area is 174 Å². The monoisotopic (exact) mass is 386 g/mol. The molecule has 1 heterocycles. The van der Waals surface area contributed by atoms with Crippen LogP contribution in [0.15, 0.2) is 0 Å². The molecular formula is C27H46O. The van der Waals surface area contributed by atoms with Gasteiger partial charge in [0.15, 0.2) is 0 Å². The minimum atomic E-state index is 0.600. The van der Waals surface area contributed by atoms with E-state index in [2.05, 4.69) is 34.6 Å². The molecule has 0 spiro atoms. The molecule has 0 radical (unpaired) electrons. The van der Waals surface area contributed by atoms with Gasteiger partial charge in [0.25, 0.3) is 0 Å². The van der Waals surface area contributed by atoms with Crippen molar-refractivity contribution < 1.29 is 4.74 Å². The largest absolute Gasteiger partial charge is 0.370 e. The van der Waals surface area contributed by atoms with Gasteiger partial charge < -0.3 is 4.74 Å². The lowest BCUT2D eigenvalue weighted by molar-refractivity contribution is -0.110. The van der Waals surface area contributed by atoms with Gasteiger partial charge in [-0.3, -0.25) is 0 Å². The van der Waals surface area contributed by atoms with E-state index in [0.29, 0.717) is 23.0 Å². The highest BCUT2D eigenvalue weighted by Crippen LogP contribution is 2.69. The van der Waals surface area contributed by atoms with Crippen molar-refractivity contribution in [2.75, 3.05) is 0 Å². The Hall–Kier alpha value is -0.0400. The van der Waals surface area contributed by atoms with Crippen LogP contribution in [0.4, 0.5) is 0 Å². The van der Waals surface area contributed by atoms with E-state index in [0.717, 1.165) is 41.4 Å². The van der Waals surface area contributed by atoms with Crippen molar-refractivity contribution in [3.63, 3.8) is 0 Å². The number of hydrogen-bond acceptors (Lipinski definition) is 1. The third-order valence-corrected chi connectivity index (χ3v) is 11.1. The predicted molar refractivity (Wildman–Crippen MR) is 117 cm³/mol. The zero-order valence-electron chi connectivity index (χ0n) is 19.4. The molecule has 3 unspecified atom stereocenters. The van der Waals surface area contributed by atoms with Crippen molar-refractivity contribution in [2.24, 2.45) is 52.3 Å². The van der Waals surface area contributed by atoms with E-state index in [1.165, 1.54) is 64.2 Å². The first-order valence-corrected chi connectivity index (χ1v) is 13.0. The number of hydrogen-bond donors (Lipinski definition) is 0. The molecule has 5 fully saturated rings. The minimum absolute atomic E-state index is 0.600. The van der Waals surface area contributed by atoms with Crippen LogP contribution < -0.4 is 0 Å². The van der Waals surface area contributed by atoms with Gasteiger partial charge in [0, 0.05) is 0 Å². The fourth-order valence-electron chi connectivity index (χ4n) is 9.54. The Balaban J connectivity index is 1.30. The highest BCUT2D eigenvalue weighted by Gasteiger charge is 2.63. The Morgan fingerprint density at radius 3 is 2.43 bits per heavy atom. The van der Waals surface area contributed by atoms with Crippen LogP contribution in [-0.4, -0.2) is 12.2 Å². The highest BCUT2D eigenvalue weighted by molar-refractivity contribution is 5.12. The molecule has 0 aromatic carbocycles. The van der Waals surface area contributed by atoms with Crippen LogP contribution in [0.5, 0.6) is 0 Å². The van der Waals surface area contributed by atoms with Crippen LogP contribution in [0.3, 0.4) is 0 Å². The third-order valence-electron chi connectivity index (χ3n) is 11.1. The minimum Gasteiger partial charge on any atom is -0.370 e. The van der Waals surface area contributed by atoms with E-state index < -0.39 is 0 Å². The normalized spacial score (nSPS) is 53.1. The maximum atomic E-state index is 6.02. The van der Waals surface area contributed by atoms with Gasteiger partial charge in [-0.2, -0.15) is 0 Å². The lowest BCUT2D eigenvalue weighted by atomic mass is 9.44. The van der Waals surface area contributed by atoms with Crippen molar-refractivity contribution in [2.45, 2.75) is 117 Å². The SMILES string of the molecule is CC(C)CCC[C@@H](C)[C@H]1CCC2C3CC[C@H]4C[C@H]5O[C@H]5C[C@]4(C)C3CC[C@@]21C. The summed E-state index contributed by atoms with van der Waals surface area (Å²) in [5.41, 5.74) is 1.25. The van der Waals surface area contributed by atoms with E-state index in [9.17, 15) is 0 Å². The van der Waals surface area contributed by atoms with Crippen LogP contribution >= 0.6 is 0 Å². The van der Waals surface area contributed by atoms with Crippen molar-refractivity contribution in [3.05, 3.63) is 0 Å². The van der Waals surface area contributed by atoms with E-state index in [-0.39, 0.29) is 0 Å². The Morgan fingerprint density at radius 1 is 0.857 bits per heavy atom. The lowest BCUT2D eigenvalue weighted by Crippen LogP contribution is -2.54. The Bertz CT molecular complexity index is 583. The molecule has 5 aliphatic rings. The van der Waals surface area contributed by atoms with Gasteiger partial charge >= 0.3 is 0 Å². The summed E-state index contributed by atoms with van der Waals surface area (Å²) in [6, 6.07) is 0. The summed E-state index contributed by atoms with van der Waals surface area (Å²) >= 11 is 0. The van der Waals surface area contributed by atoms with Gasteiger partial charge in [-0.1, -0.05) is 53.9 Å². The molecule has 0 N–H and O–H groups in total. The predicted octanol–water partition coefficient (Wildman–Crippen LogP) is 7.49. The van der Waals surface area contributed by atoms with Crippen LogP contribution in [0.25, 0.3) is 0 Å². The molecular weight excluding hydrogens is 340 g/mol. The molecule has 0 aromatic rings. The summed E-state index contributed by atoms with van der Waals surface area (Å²) in [6.07, 6.45) is 17.6. The van der Waals surface area contributed by atoms with Crippen LogP contribution in [-0.2, 0) is 4.74 Å². The van der Waals surface area contributed by atoms with Crippen molar-refractivity contribution >= 4 is 0 Å². The van der Waals surface area contributed by atoms with Crippen molar-refractivity contribution in [3.8, 4) is 0 Å². The molecule has 5 rings (SSSR count). The second kappa shape index (κ2) is 7.00.